The fourth-order valence-corrected chi connectivity index (χ4v) is 2.11. The molecule has 0 saturated carbocycles. The van der Waals surface area contributed by atoms with E-state index in [0.717, 1.165) is 12.1 Å². The highest BCUT2D eigenvalue weighted by atomic mass is 35.5. The van der Waals surface area contributed by atoms with Gasteiger partial charge in [-0.25, -0.2) is 9.97 Å². The molecule has 16 heavy (non-hydrogen) atoms. The molecule has 0 unspecified atom stereocenters. The van der Waals surface area contributed by atoms with E-state index in [1.54, 1.807) is 17.5 Å². The molecule has 6 heteroatoms. The van der Waals surface area contributed by atoms with Gasteiger partial charge in [0, 0.05) is 13.1 Å². The number of thiazole rings is 1. The Labute approximate surface area is 105 Å². The number of anilines is 1. The van der Waals surface area contributed by atoms with Crippen LogP contribution in [0.4, 0.5) is 5.82 Å². The third kappa shape index (κ3) is 2.68. The van der Waals surface area contributed by atoms with Crippen LogP contribution in [0.15, 0.2) is 17.1 Å². The fraction of sp³-hybridized carbons (Fsp3) is 0.300. The van der Waals surface area contributed by atoms with Crippen molar-refractivity contribution in [3.63, 3.8) is 0 Å². The normalized spacial score (nSPS) is 9.88. The highest BCUT2D eigenvalue weighted by Gasteiger charge is 2.11. The van der Waals surface area contributed by atoms with E-state index < -0.39 is 0 Å². The van der Waals surface area contributed by atoms with Gasteiger partial charge in [-0.2, -0.15) is 4.57 Å². The lowest BCUT2D eigenvalue weighted by atomic mass is 10.3. The summed E-state index contributed by atoms with van der Waals surface area (Å²) in [7, 11) is 0. The molecular weight excluding hydrogens is 244 g/mol. The van der Waals surface area contributed by atoms with Crippen molar-refractivity contribution in [3.05, 3.63) is 34.2 Å². The molecule has 86 valence electrons. The van der Waals surface area contributed by atoms with Crippen LogP contribution in [0.5, 0.6) is 0 Å². The van der Waals surface area contributed by atoms with Gasteiger partial charge in [-0.15, -0.1) is 0 Å². The molecule has 0 fully saturated rings. The summed E-state index contributed by atoms with van der Waals surface area (Å²) in [6, 6.07) is 0. The summed E-state index contributed by atoms with van der Waals surface area (Å²) in [4.78, 5) is 8.29. The SMILES string of the molecule is Cc1ncc(C[n+]2cscc2C)c(N)n1.[Cl-]. The van der Waals surface area contributed by atoms with E-state index in [1.807, 2.05) is 6.92 Å². The average Bonchev–Trinajstić information content (AvgIpc) is 2.57. The minimum atomic E-state index is 0. The zero-order chi connectivity index (χ0) is 10.8. The Hall–Kier alpha value is -1.20. The van der Waals surface area contributed by atoms with Gasteiger partial charge in [0.15, 0.2) is 12.2 Å². The first-order chi connectivity index (χ1) is 7.16. The molecule has 0 saturated heterocycles. The Balaban J connectivity index is 0.00000128. The summed E-state index contributed by atoms with van der Waals surface area (Å²) in [6.45, 7) is 4.65. The van der Waals surface area contributed by atoms with Gasteiger partial charge in [0.25, 0.3) is 0 Å². The van der Waals surface area contributed by atoms with Crippen molar-refractivity contribution in [2.75, 3.05) is 5.73 Å². The molecule has 2 rings (SSSR count). The summed E-state index contributed by atoms with van der Waals surface area (Å²) in [6.07, 6.45) is 1.79. The van der Waals surface area contributed by atoms with Gasteiger partial charge in [-0.05, 0) is 6.92 Å². The number of nitrogen functional groups attached to an aromatic ring is 1. The third-order valence-corrected chi connectivity index (χ3v) is 3.09. The molecular formula is C10H13ClN4S. The molecule has 0 radical (unpaired) electrons. The Bertz CT molecular complexity index is 483. The van der Waals surface area contributed by atoms with Gasteiger partial charge < -0.3 is 18.1 Å². The van der Waals surface area contributed by atoms with Crippen molar-refractivity contribution in [1.82, 2.24) is 9.97 Å². The lowest BCUT2D eigenvalue weighted by Crippen LogP contribution is -3.00. The molecule has 0 atom stereocenters. The number of hydrogen-bond acceptors (Lipinski definition) is 4. The number of nitrogens with two attached hydrogens (primary N) is 1. The van der Waals surface area contributed by atoms with E-state index in [2.05, 4.69) is 32.3 Å². The van der Waals surface area contributed by atoms with E-state index in [4.69, 9.17) is 5.73 Å². The number of aryl methyl sites for hydroxylation is 2. The van der Waals surface area contributed by atoms with Gasteiger partial charge in [0.1, 0.15) is 11.6 Å². The summed E-state index contributed by atoms with van der Waals surface area (Å²) < 4.78 is 2.13. The summed E-state index contributed by atoms with van der Waals surface area (Å²) >= 11 is 1.68. The quantitative estimate of drug-likeness (QED) is 0.638. The van der Waals surface area contributed by atoms with Crippen LogP contribution in [0.25, 0.3) is 0 Å². The number of hydrogen-bond donors (Lipinski definition) is 1. The van der Waals surface area contributed by atoms with Crippen molar-refractivity contribution in [2.45, 2.75) is 20.4 Å². The molecule has 0 aliphatic heterocycles. The Morgan fingerprint density at radius 1 is 1.44 bits per heavy atom. The van der Waals surface area contributed by atoms with Crippen LogP contribution in [0.3, 0.4) is 0 Å². The Morgan fingerprint density at radius 2 is 2.19 bits per heavy atom. The zero-order valence-corrected chi connectivity index (χ0v) is 10.7. The van der Waals surface area contributed by atoms with Crippen molar-refractivity contribution in [2.24, 2.45) is 0 Å². The van der Waals surface area contributed by atoms with E-state index in [1.165, 1.54) is 5.69 Å². The maximum atomic E-state index is 5.83. The molecule has 0 bridgehead atoms. The smallest absolute Gasteiger partial charge is 0.225 e. The first-order valence-electron chi connectivity index (χ1n) is 4.67. The topological polar surface area (TPSA) is 55.7 Å². The summed E-state index contributed by atoms with van der Waals surface area (Å²) in [5, 5.41) is 2.10. The van der Waals surface area contributed by atoms with Gasteiger partial charge >= 0.3 is 0 Å². The fourth-order valence-electron chi connectivity index (χ4n) is 1.33. The molecule has 4 nitrogen and oxygen atoms in total. The highest BCUT2D eigenvalue weighted by Crippen LogP contribution is 2.07. The molecule has 2 aromatic rings. The Kier molecular flexibility index (Phi) is 4.20. The number of rotatable bonds is 2. The van der Waals surface area contributed by atoms with Gasteiger partial charge in [-0.3, -0.25) is 0 Å². The average molecular weight is 257 g/mol. The van der Waals surface area contributed by atoms with Crippen molar-refractivity contribution in [1.29, 1.82) is 0 Å². The maximum Gasteiger partial charge on any atom is 0.225 e. The molecule has 2 aromatic heterocycles. The lowest BCUT2D eigenvalue weighted by Gasteiger charge is -2.01. The standard InChI is InChI=1S/C10H13N4S.ClH/c1-7-5-15-6-14(7)4-9-3-12-8(2)13-10(9)11;/h3,5-6H,4H2,1-2H3,(H2,11,12,13);1H/q+1;/p-1. The van der Waals surface area contributed by atoms with E-state index in [-0.39, 0.29) is 12.4 Å². The van der Waals surface area contributed by atoms with E-state index in [9.17, 15) is 0 Å². The number of nitrogens with zero attached hydrogens (tertiary/aromatic N) is 3. The zero-order valence-electron chi connectivity index (χ0n) is 9.14. The van der Waals surface area contributed by atoms with Crippen LogP contribution in [-0.4, -0.2) is 9.97 Å². The molecule has 2 N–H and O–H groups in total. The molecule has 0 spiro atoms. The van der Waals surface area contributed by atoms with Gasteiger partial charge in [0.2, 0.25) is 5.51 Å². The maximum absolute atomic E-state index is 5.83. The minimum absolute atomic E-state index is 0. The number of aromatic nitrogens is 3. The predicted octanol–water partition coefficient (Wildman–Crippen LogP) is -1.92. The van der Waals surface area contributed by atoms with Crippen molar-refractivity contribution in [3.8, 4) is 0 Å². The highest BCUT2D eigenvalue weighted by molar-refractivity contribution is 7.07. The van der Waals surface area contributed by atoms with Crippen LogP contribution >= 0.6 is 11.3 Å². The van der Waals surface area contributed by atoms with Crippen LogP contribution < -0.4 is 22.7 Å². The summed E-state index contributed by atoms with van der Waals surface area (Å²) in [5.74, 6) is 1.28. The van der Waals surface area contributed by atoms with Crippen LogP contribution in [0.2, 0.25) is 0 Å². The number of halogens is 1. The van der Waals surface area contributed by atoms with Crippen LogP contribution in [0.1, 0.15) is 17.1 Å². The van der Waals surface area contributed by atoms with Crippen molar-refractivity contribution < 1.29 is 17.0 Å². The predicted molar refractivity (Wildman–Crippen MR) is 59.5 cm³/mol. The monoisotopic (exact) mass is 256 g/mol. The molecule has 0 aliphatic carbocycles. The first kappa shape index (κ1) is 12.9. The van der Waals surface area contributed by atoms with E-state index >= 15 is 0 Å². The molecule has 0 aliphatic rings. The van der Waals surface area contributed by atoms with E-state index in [0.29, 0.717) is 11.6 Å². The second-order valence-corrected chi connectivity index (χ2v) is 4.18. The van der Waals surface area contributed by atoms with Crippen LogP contribution in [0, 0.1) is 13.8 Å². The Morgan fingerprint density at radius 3 is 2.75 bits per heavy atom. The second-order valence-electron chi connectivity index (χ2n) is 3.46. The third-order valence-electron chi connectivity index (χ3n) is 2.24. The van der Waals surface area contributed by atoms with Crippen molar-refractivity contribution >= 4 is 17.2 Å². The molecule has 0 aromatic carbocycles. The van der Waals surface area contributed by atoms with Crippen LogP contribution in [-0.2, 0) is 6.54 Å². The first-order valence-corrected chi connectivity index (χ1v) is 5.61. The largest absolute Gasteiger partial charge is 1.00 e. The molecule has 0 amide bonds. The van der Waals surface area contributed by atoms with Gasteiger partial charge in [0.05, 0.1) is 10.9 Å². The lowest BCUT2D eigenvalue weighted by molar-refractivity contribution is -0.689. The van der Waals surface area contributed by atoms with Gasteiger partial charge in [-0.1, -0.05) is 11.3 Å². The molecule has 2 heterocycles. The minimum Gasteiger partial charge on any atom is -1.00 e. The summed E-state index contributed by atoms with van der Waals surface area (Å²) in [5.41, 5.74) is 10.1. The second kappa shape index (κ2) is 5.23.